The fraction of sp³-hybridized carbons (Fsp3) is 0.367. The second-order valence-corrected chi connectivity index (χ2v) is 12.9. The zero-order valence-corrected chi connectivity index (χ0v) is 34.0. The number of nitrogens with zero attached hydrogens (tertiary/aromatic N) is 1. The number of alkyl halides is 1. The molecule has 0 saturated carbocycles. The third kappa shape index (κ3) is 17.8. The molecule has 3 unspecified atom stereocenters. The van der Waals surface area contributed by atoms with Crippen LogP contribution in [0.2, 0.25) is 0 Å². The lowest BCUT2D eigenvalue weighted by molar-refractivity contribution is -0.144. The Hall–Kier alpha value is -5.68. The first kappa shape index (κ1) is 49.3. The van der Waals surface area contributed by atoms with E-state index in [1.54, 1.807) is 50.4 Å². The number of anilines is 1. The van der Waals surface area contributed by atoms with E-state index in [0.29, 0.717) is 30.1 Å². The lowest BCUT2D eigenvalue weighted by atomic mass is 9.83. The summed E-state index contributed by atoms with van der Waals surface area (Å²) in [7, 11) is 1.59. The van der Waals surface area contributed by atoms with Crippen LogP contribution in [0.3, 0.4) is 0 Å². The third-order valence-electron chi connectivity index (χ3n) is 8.59. The molecule has 1 heterocycles. The van der Waals surface area contributed by atoms with Crippen molar-refractivity contribution in [3.63, 3.8) is 0 Å². The molecular weight excluding hydrogens is 716 g/mol. The highest BCUT2D eigenvalue weighted by atomic mass is 19.1. The van der Waals surface area contributed by atoms with Crippen LogP contribution >= 0.6 is 0 Å². The molecule has 8 heteroatoms. The van der Waals surface area contributed by atoms with Gasteiger partial charge in [0.1, 0.15) is 36.0 Å². The van der Waals surface area contributed by atoms with Crippen LogP contribution in [0.4, 0.5) is 10.1 Å². The Morgan fingerprint density at radius 3 is 2.11 bits per heavy atom. The van der Waals surface area contributed by atoms with Crippen LogP contribution in [0.1, 0.15) is 96.5 Å². The highest BCUT2D eigenvalue weighted by Gasteiger charge is 2.42. The van der Waals surface area contributed by atoms with Gasteiger partial charge >= 0.3 is 5.97 Å². The maximum absolute atomic E-state index is 13.9. The molecule has 4 aromatic rings. The molecule has 0 spiro atoms. The number of allylic oxidation sites excluding steroid dienone is 4. The molecule has 4 atom stereocenters. The van der Waals surface area contributed by atoms with E-state index >= 15 is 0 Å². The molecule has 0 aromatic heterocycles. The lowest BCUT2D eigenvalue weighted by Crippen LogP contribution is -2.30. The van der Waals surface area contributed by atoms with Crippen LogP contribution in [0.25, 0.3) is 0 Å². The number of halogens is 1. The molecule has 306 valence electrons. The van der Waals surface area contributed by atoms with Crippen molar-refractivity contribution in [2.24, 2.45) is 11.8 Å². The van der Waals surface area contributed by atoms with Crippen LogP contribution in [0, 0.1) is 23.2 Å². The summed E-state index contributed by atoms with van der Waals surface area (Å²) >= 11 is 0. The summed E-state index contributed by atoms with van der Waals surface area (Å²) in [5.74, 6) is -0.600. The monoisotopic (exact) mass is 778 g/mol. The van der Waals surface area contributed by atoms with Gasteiger partial charge in [-0.15, -0.1) is 0 Å². The van der Waals surface area contributed by atoms with Gasteiger partial charge in [-0.2, -0.15) is 5.26 Å². The van der Waals surface area contributed by atoms with Gasteiger partial charge in [0.2, 0.25) is 0 Å². The van der Waals surface area contributed by atoms with E-state index in [-0.39, 0.29) is 32.2 Å². The molecule has 0 aliphatic carbocycles. The van der Waals surface area contributed by atoms with Crippen LogP contribution in [-0.4, -0.2) is 31.6 Å². The lowest BCUT2D eigenvalue weighted by Gasteiger charge is -2.25. The summed E-state index contributed by atoms with van der Waals surface area (Å²) in [6, 6.07) is 33.7. The molecule has 1 fully saturated rings. The molecule has 1 aliphatic heterocycles. The Morgan fingerprint density at radius 1 is 0.965 bits per heavy atom. The number of nitriles is 1. The maximum Gasteiger partial charge on any atom is 0.316 e. The zero-order valence-electron chi connectivity index (χ0n) is 34.0. The molecular formula is C49H63FN2O5. The fourth-order valence-corrected chi connectivity index (χ4v) is 5.85. The second kappa shape index (κ2) is 28.7. The van der Waals surface area contributed by atoms with Gasteiger partial charge in [0, 0.05) is 29.7 Å². The Balaban J connectivity index is 0.000000935. The van der Waals surface area contributed by atoms with Crippen molar-refractivity contribution in [1.29, 1.82) is 5.26 Å². The van der Waals surface area contributed by atoms with E-state index in [4.69, 9.17) is 14.2 Å². The molecule has 7 nitrogen and oxygen atoms in total. The summed E-state index contributed by atoms with van der Waals surface area (Å²) in [4.78, 5) is 26.7. The highest BCUT2D eigenvalue weighted by molar-refractivity contribution is 6.01. The first-order valence-corrected chi connectivity index (χ1v) is 19.4. The SMILES string of the molecule is C.C/C=C/CCC.C/C=C\C(C)F.CC.COc1ccc(C(CC(=O)C2C(=O)OC[C@@H]2Cc2ccccc2)Nc2ccc(C#N)cc2)c(OCc2ccccc2)c1. The van der Waals surface area contributed by atoms with E-state index in [9.17, 15) is 19.2 Å². The van der Waals surface area contributed by atoms with Gasteiger partial charge in [0.25, 0.3) is 0 Å². The van der Waals surface area contributed by atoms with Crippen LogP contribution in [0.15, 0.2) is 127 Å². The minimum absolute atomic E-state index is 0. The highest BCUT2D eigenvalue weighted by Crippen LogP contribution is 2.37. The fourth-order valence-electron chi connectivity index (χ4n) is 5.85. The van der Waals surface area contributed by atoms with Crippen molar-refractivity contribution >= 4 is 17.4 Å². The smallest absolute Gasteiger partial charge is 0.316 e. The van der Waals surface area contributed by atoms with Gasteiger partial charge in [-0.25, -0.2) is 4.39 Å². The number of ketones is 1. The number of nitrogens with one attached hydrogen (secondary N) is 1. The van der Waals surface area contributed by atoms with E-state index in [1.807, 2.05) is 86.6 Å². The number of carbonyl (C=O) groups is 2. The minimum Gasteiger partial charge on any atom is -0.497 e. The number of methoxy groups -OCH3 is 1. The van der Waals surface area contributed by atoms with Crippen molar-refractivity contribution in [3.05, 3.63) is 150 Å². The Morgan fingerprint density at radius 2 is 1.60 bits per heavy atom. The van der Waals surface area contributed by atoms with E-state index in [0.717, 1.165) is 22.4 Å². The number of esters is 1. The van der Waals surface area contributed by atoms with Crippen LogP contribution in [0.5, 0.6) is 11.5 Å². The van der Waals surface area contributed by atoms with Crippen molar-refractivity contribution in [2.45, 2.75) is 93.5 Å². The van der Waals surface area contributed by atoms with Gasteiger partial charge in [-0.05, 0) is 81.1 Å². The molecule has 1 N–H and O–H groups in total. The van der Waals surface area contributed by atoms with Crippen molar-refractivity contribution in [3.8, 4) is 17.6 Å². The number of Topliss-reactive ketones (excluding diaryl/α,β-unsaturated/α-hetero) is 1. The van der Waals surface area contributed by atoms with Gasteiger partial charge in [-0.3, -0.25) is 9.59 Å². The number of cyclic esters (lactones) is 1. The normalized spacial score (nSPS) is 15.1. The first-order valence-electron chi connectivity index (χ1n) is 19.4. The quantitative estimate of drug-likeness (QED) is 0.0729. The van der Waals surface area contributed by atoms with E-state index < -0.39 is 24.1 Å². The van der Waals surface area contributed by atoms with E-state index in [1.165, 1.54) is 25.8 Å². The number of carbonyl (C=O) groups excluding carboxylic acids is 2. The third-order valence-corrected chi connectivity index (χ3v) is 8.59. The average Bonchev–Trinajstić information content (AvgIpc) is 3.60. The summed E-state index contributed by atoms with van der Waals surface area (Å²) < 4.78 is 28.8. The molecule has 4 aromatic carbocycles. The minimum atomic E-state index is -0.859. The number of benzene rings is 4. The number of hydrogen-bond acceptors (Lipinski definition) is 7. The number of rotatable bonds is 15. The van der Waals surface area contributed by atoms with Gasteiger partial charge in [-0.1, -0.05) is 120 Å². The molecule has 1 saturated heterocycles. The molecule has 0 radical (unpaired) electrons. The Bertz CT molecular complexity index is 1800. The molecule has 5 rings (SSSR count). The maximum atomic E-state index is 13.9. The summed E-state index contributed by atoms with van der Waals surface area (Å²) in [6.07, 6.45) is 9.79. The number of unbranched alkanes of at least 4 members (excludes halogenated alkanes) is 1. The van der Waals surface area contributed by atoms with Gasteiger partial charge in [0.15, 0.2) is 0 Å². The summed E-state index contributed by atoms with van der Waals surface area (Å²) in [6.45, 7) is 12.1. The van der Waals surface area contributed by atoms with Gasteiger partial charge < -0.3 is 19.5 Å². The molecule has 57 heavy (non-hydrogen) atoms. The molecule has 0 amide bonds. The Kier molecular flexibility index (Phi) is 24.8. The standard InChI is InChI=1S/C35H32N2O5.C6H12.C5H9F.C2H6.CH4/c1-40-29-16-17-30(33(19-29)41-22-26-10-6-3-7-11-26)31(37-28-14-12-25(21-36)13-15-28)20-32(38)34-27(23-42-35(34)39)18-24-8-4-2-5-9-24;1-3-5-6-4-2;1-3-4-5(2)6;1-2;/h2-17,19,27,31,34,37H,18,20,22-23H2,1H3;3,5H,4,6H2,1-2H3;3-5H,1-2H3;1-2H3;1H4/b;5-3+;4-3-;;/t27-,31?,34?;;;;/m0..../s1. The van der Waals surface area contributed by atoms with Crippen molar-refractivity contribution in [1.82, 2.24) is 0 Å². The topological polar surface area (TPSA) is 97.7 Å². The van der Waals surface area contributed by atoms with E-state index in [2.05, 4.69) is 37.4 Å². The predicted octanol–water partition coefficient (Wildman–Crippen LogP) is 12.2. The Labute approximate surface area is 341 Å². The van der Waals surface area contributed by atoms with Crippen molar-refractivity contribution in [2.75, 3.05) is 19.0 Å². The number of hydrogen-bond donors (Lipinski definition) is 1. The summed E-state index contributed by atoms with van der Waals surface area (Å²) in [5, 5.41) is 12.7. The average molecular weight is 779 g/mol. The second-order valence-electron chi connectivity index (χ2n) is 12.9. The van der Waals surface area contributed by atoms with Crippen molar-refractivity contribution < 1.29 is 28.2 Å². The largest absolute Gasteiger partial charge is 0.497 e. The van der Waals surface area contributed by atoms with Gasteiger partial charge in [0.05, 0.1) is 31.4 Å². The zero-order chi connectivity index (χ0) is 41.1. The van der Waals surface area contributed by atoms with Crippen LogP contribution in [-0.2, 0) is 27.4 Å². The van der Waals surface area contributed by atoms with Crippen LogP contribution < -0.4 is 14.8 Å². The predicted molar refractivity (Wildman–Crippen MR) is 232 cm³/mol. The summed E-state index contributed by atoms with van der Waals surface area (Å²) in [5.41, 5.74) is 4.05. The molecule has 1 aliphatic rings. The molecule has 0 bridgehead atoms. The first-order chi connectivity index (χ1) is 27.2. The number of ether oxygens (including phenoxy) is 3.